The predicted molar refractivity (Wildman–Crippen MR) is 94.9 cm³/mol. The lowest BCUT2D eigenvalue weighted by Gasteiger charge is -2.39. The van der Waals surface area contributed by atoms with Crippen LogP contribution in [0.4, 0.5) is 5.82 Å². The van der Waals surface area contributed by atoms with E-state index in [4.69, 9.17) is 0 Å². The molecule has 3 heterocycles. The number of likely N-dealkylation sites (tertiary alicyclic amines) is 1. The molecule has 25 heavy (non-hydrogen) atoms. The van der Waals surface area contributed by atoms with Crippen LogP contribution in [0.5, 0.6) is 0 Å². The van der Waals surface area contributed by atoms with E-state index in [1.807, 2.05) is 12.3 Å². The van der Waals surface area contributed by atoms with Crippen molar-refractivity contribution in [3.63, 3.8) is 0 Å². The third-order valence-electron chi connectivity index (χ3n) is 4.45. The van der Waals surface area contributed by atoms with E-state index >= 15 is 0 Å². The predicted octanol–water partition coefficient (Wildman–Crippen LogP) is 1.05. The number of fused-ring (bicyclic) bond motifs is 1. The Hall–Kier alpha value is -2.90. The summed E-state index contributed by atoms with van der Waals surface area (Å²) in [5.41, 5.74) is 0.774. The average Bonchev–Trinajstić information content (AvgIpc) is 3.09. The van der Waals surface area contributed by atoms with E-state index in [2.05, 4.69) is 32.2 Å². The molecule has 2 unspecified atom stereocenters. The number of hydrogen-bond acceptors (Lipinski definition) is 5. The van der Waals surface area contributed by atoms with Crippen LogP contribution >= 0.6 is 0 Å². The van der Waals surface area contributed by atoms with Gasteiger partial charge in [-0.1, -0.05) is 6.58 Å². The molecule has 2 atom stereocenters. The molecule has 2 aromatic heterocycles. The van der Waals surface area contributed by atoms with Gasteiger partial charge in [0, 0.05) is 38.3 Å². The van der Waals surface area contributed by atoms with Crippen LogP contribution in [0.2, 0.25) is 0 Å². The number of piperidine rings is 1. The van der Waals surface area contributed by atoms with Crippen LogP contribution in [-0.2, 0) is 9.59 Å². The van der Waals surface area contributed by atoms with Crippen LogP contribution in [0.3, 0.4) is 0 Å². The Kier molecular flexibility index (Phi) is 4.97. The van der Waals surface area contributed by atoms with Crippen molar-refractivity contribution >= 4 is 28.7 Å². The minimum atomic E-state index is -0.128. The third-order valence-corrected chi connectivity index (χ3v) is 4.45. The lowest BCUT2D eigenvalue weighted by Crippen LogP contribution is -2.54. The van der Waals surface area contributed by atoms with Gasteiger partial charge in [-0.25, -0.2) is 9.97 Å². The number of nitrogens with zero attached hydrogens (tertiary/aromatic N) is 3. The van der Waals surface area contributed by atoms with Gasteiger partial charge in [-0.3, -0.25) is 9.59 Å². The van der Waals surface area contributed by atoms with Crippen LogP contribution in [0, 0.1) is 0 Å². The van der Waals surface area contributed by atoms with Gasteiger partial charge in [0.25, 0.3) is 0 Å². The molecule has 3 N–H and O–H groups in total. The first-order chi connectivity index (χ1) is 12.1. The van der Waals surface area contributed by atoms with Crippen molar-refractivity contribution in [2.75, 3.05) is 18.4 Å². The molecule has 1 aliphatic rings. The van der Waals surface area contributed by atoms with Gasteiger partial charge >= 0.3 is 0 Å². The van der Waals surface area contributed by atoms with E-state index in [0.29, 0.717) is 13.1 Å². The Morgan fingerprint density at radius 2 is 2.28 bits per heavy atom. The quantitative estimate of drug-likeness (QED) is 0.705. The lowest BCUT2D eigenvalue weighted by atomic mass is 9.97. The minimum Gasteiger partial charge on any atom is -0.365 e. The highest BCUT2D eigenvalue weighted by molar-refractivity contribution is 5.88. The molecule has 1 saturated heterocycles. The molecular formula is C17H22N6O2. The first kappa shape index (κ1) is 16.9. The van der Waals surface area contributed by atoms with Gasteiger partial charge in [0.1, 0.15) is 17.8 Å². The molecule has 132 valence electrons. The van der Waals surface area contributed by atoms with Crippen molar-refractivity contribution in [1.82, 2.24) is 25.2 Å². The second kappa shape index (κ2) is 7.33. The number of nitrogens with one attached hydrogen (secondary N) is 3. The van der Waals surface area contributed by atoms with Crippen LogP contribution < -0.4 is 10.6 Å². The molecule has 8 nitrogen and oxygen atoms in total. The maximum absolute atomic E-state index is 12.2. The normalized spacial score (nSPS) is 20.3. The molecular weight excluding hydrogens is 320 g/mol. The molecule has 2 amide bonds. The van der Waals surface area contributed by atoms with Gasteiger partial charge in [0.2, 0.25) is 11.8 Å². The fourth-order valence-electron chi connectivity index (χ4n) is 3.19. The molecule has 1 fully saturated rings. The van der Waals surface area contributed by atoms with E-state index in [9.17, 15) is 9.59 Å². The number of hydrogen-bond donors (Lipinski definition) is 3. The highest BCUT2D eigenvalue weighted by Gasteiger charge is 2.31. The van der Waals surface area contributed by atoms with Crippen LogP contribution in [0.25, 0.3) is 11.0 Å². The summed E-state index contributed by atoms with van der Waals surface area (Å²) < 4.78 is 0. The van der Waals surface area contributed by atoms with Crippen molar-refractivity contribution in [2.24, 2.45) is 0 Å². The van der Waals surface area contributed by atoms with E-state index in [-0.39, 0.29) is 23.9 Å². The summed E-state index contributed by atoms with van der Waals surface area (Å²) >= 11 is 0. The zero-order chi connectivity index (χ0) is 17.8. The molecule has 0 aromatic carbocycles. The number of H-pyrrole nitrogens is 1. The Morgan fingerprint density at radius 1 is 1.44 bits per heavy atom. The Labute approximate surface area is 145 Å². The summed E-state index contributed by atoms with van der Waals surface area (Å²) in [6.07, 6.45) is 6.32. The Bertz CT molecular complexity index is 786. The number of rotatable bonds is 5. The van der Waals surface area contributed by atoms with Gasteiger partial charge in [-0.2, -0.15) is 0 Å². The smallest absolute Gasteiger partial charge is 0.246 e. The molecule has 0 bridgehead atoms. The molecule has 0 aliphatic carbocycles. The summed E-state index contributed by atoms with van der Waals surface area (Å²) in [6.45, 7) is 6.05. The molecule has 1 aliphatic heterocycles. The molecule has 2 aromatic rings. The van der Waals surface area contributed by atoms with E-state index in [1.54, 1.807) is 4.90 Å². The number of amides is 2. The number of aromatic nitrogens is 3. The summed E-state index contributed by atoms with van der Waals surface area (Å²) in [6, 6.07) is 1.97. The number of anilines is 1. The average molecular weight is 342 g/mol. The highest BCUT2D eigenvalue weighted by Crippen LogP contribution is 2.23. The van der Waals surface area contributed by atoms with Gasteiger partial charge in [0.15, 0.2) is 0 Å². The molecule has 0 saturated carbocycles. The lowest BCUT2D eigenvalue weighted by molar-refractivity contribution is -0.130. The fraction of sp³-hybridized carbons (Fsp3) is 0.412. The van der Waals surface area contributed by atoms with E-state index in [0.717, 1.165) is 29.7 Å². The Morgan fingerprint density at radius 3 is 3.04 bits per heavy atom. The van der Waals surface area contributed by atoms with Gasteiger partial charge in [0.05, 0.1) is 5.39 Å². The summed E-state index contributed by atoms with van der Waals surface area (Å²) in [7, 11) is 0. The molecule has 0 radical (unpaired) electrons. The summed E-state index contributed by atoms with van der Waals surface area (Å²) in [5.74, 6) is 0.529. The van der Waals surface area contributed by atoms with E-state index < -0.39 is 0 Å². The maximum Gasteiger partial charge on any atom is 0.246 e. The first-order valence-electron chi connectivity index (χ1n) is 8.30. The minimum absolute atomic E-state index is 0.0230. The van der Waals surface area contributed by atoms with Crippen molar-refractivity contribution < 1.29 is 9.59 Å². The SMILES string of the molecule is C=CC(=O)N1CC(Nc2ncnc3[nH]ccc23)CCC1CNC(C)=O. The zero-order valence-electron chi connectivity index (χ0n) is 14.2. The van der Waals surface area contributed by atoms with Crippen molar-refractivity contribution in [2.45, 2.75) is 31.8 Å². The second-order valence-electron chi connectivity index (χ2n) is 6.17. The molecule has 0 spiro atoms. The van der Waals surface area contributed by atoms with Crippen molar-refractivity contribution in [1.29, 1.82) is 0 Å². The maximum atomic E-state index is 12.2. The first-order valence-corrected chi connectivity index (χ1v) is 8.30. The fourth-order valence-corrected chi connectivity index (χ4v) is 3.19. The van der Waals surface area contributed by atoms with Crippen molar-refractivity contribution in [3.05, 3.63) is 31.2 Å². The number of carbonyl (C=O) groups excluding carboxylic acids is 2. The summed E-state index contributed by atoms with van der Waals surface area (Å²) in [5, 5.41) is 7.14. The third kappa shape index (κ3) is 3.78. The topological polar surface area (TPSA) is 103 Å². The molecule has 8 heteroatoms. The Balaban J connectivity index is 1.72. The second-order valence-corrected chi connectivity index (χ2v) is 6.17. The number of carbonyl (C=O) groups is 2. The van der Waals surface area contributed by atoms with Gasteiger partial charge < -0.3 is 20.5 Å². The van der Waals surface area contributed by atoms with Gasteiger partial charge in [-0.05, 0) is 25.0 Å². The van der Waals surface area contributed by atoms with E-state index in [1.165, 1.54) is 19.3 Å². The monoisotopic (exact) mass is 342 g/mol. The van der Waals surface area contributed by atoms with Gasteiger partial charge in [-0.15, -0.1) is 0 Å². The number of aromatic amines is 1. The zero-order valence-corrected chi connectivity index (χ0v) is 14.2. The molecule has 3 rings (SSSR count). The van der Waals surface area contributed by atoms with Crippen LogP contribution in [0.15, 0.2) is 31.2 Å². The highest BCUT2D eigenvalue weighted by atomic mass is 16.2. The summed E-state index contributed by atoms with van der Waals surface area (Å²) in [4.78, 5) is 36.7. The van der Waals surface area contributed by atoms with Crippen molar-refractivity contribution in [3.8, 4) is 0 Å². The van der Waals surface area contributed by atoms with Crippen LogP contribution in [0.1, 0.15) is 19.8 Å². The van der Waals surface area contributed by atoms with Crippen LogP contribution in [-0.4, -0.2) is 56.8 Å². The standard InChI is InChI=1S/C17H22N6O2/c1-3-15(25)23-9-12(4-5-13(23)8-19-11(2)24)22-17-14-6-7-18-16(14)20-10-21-17/h3,6-7,10,12-13H,1,4-5,8-9H2,2H3,(H,19,24)(H2,18,20,21,22). The largest absolute Gasteiger partial charge is 0.365 e.